The third-order valence-corrected chi connectivity index (χ3v) is 4.14. The van der Waals surface area contributed by atoms with Crippen LogP contribution in [0.25, 0.3) is 10.9 Å². The second-order valence-electron chi connectivity index (χ2n) is 6.22. The average molecular weight is 362 g/mol. The molecule has 2 aromatic carbocycles. The minimum Gasteiger partial charge on any atom is -0.494 e. The van der Waals surface area contributed by atoms with Crippen LogP contribution in [0.3, 0.4) is 0 Å². The third-order valence-electron chi connectivity index (χ3n) is 4.14. The van der Waals surface area contributed by atoms with Crippen molar-refractivity contribution in [3.63, 3.8) is 0 Å². The SMILES string of the molecule is CCCOc1ccc(C(=O)CCC(=O)Nc2cccc3cccnc23)cc1. The summed E-state index contributed by atoms with van der Waals surface area (Å²) in [6.45, 7) is 2.69. The Kier molecular flexibility index (Phi) is 6.15. The molecule has 0 aliphatic rings. The monoisotopic (exact) mass is 362 g/mol. The molecule has 0 saturated carbocycles. The van der Waals surface area contributed by atoms with Gasteiger partial charge in [-0.25, -0.2) is 0 Å². The van der Waals surface area contributed by atoms with Crippen molar-refractivity contribution in [2.45, 2.75) is 26.2 Å². The highest BCUT2D eigenvalue weighted by molar-refractivity contribution is 6.03. The molecule has 0 spiro atoms. The molecule has 1 amide bonds. The first-order chi connectivity index (χ1) is 13.2. The highest BCUT2D eigenvalue weighted by atomic mass is 16.5. The fourth-order valence-electron chi connectivity index (χ4n) is 2.75. The van der Waals surface area contributed by atoms with Crippen LogP contribution in [0.15, 0.2) is 60.8 Å². The number of nitrogens with zero attached hydrogens (tertiary/aromatic N) is 1. The molecule has 0 bridgehead atoms. The van der Waals surface area contributed by atoms with Crippen molar-refractivity contribution in [3.05, 3.63) is 66.4 Å². The summed E-state index contributed by atoms with van der Waals surface area (Å²) in [6, 6.07) is 16.4. The number of hydrogen-bond donors (Lipinski definition) is 1. The van der Waals surface area contributed by atoms with Gasteiger partial charge in [0.2, 0.25) is 5.91 Å². The van der Waals surface area contributed by atoms with E-state index in [4.69, 9.17) is 4.74 Å². The maximum absolute atomic E-state index is 12.3. The van der Waals surface area contributed by atoms with Gasteiger partial charge in [-0.3, -0.25) is 14.6 Å². The maximum atomic E-state index is 12.3. The topological polar surface area (TPSA) is 68.3 Å². The van der Waals surface area contributed by atoms with E-state index in [2.05, 4.69) is 10.3 Å². The molecule has 0 unspecified atom stereocenters. The summed E-state index contributed by atoms with van der Waals surface area (Å²) in [6.07, 6.45) is 2.90. The maximum Gasteiger partial charge on any atom is 0.224 e. The van der Waals surface area contributed by atoms with E-state index < -0.39 is 0 Å². The Labute approximate surface area is 158 Å². The molecule has 138 valence electrons. The zero-order chi connectivity index (χ0) is 19.1. The molecule has 1 N–H and O–H groups in total. The van der Waals surface area contributed by atoms with Crippen molar-refractivity contribution in [2.24, 2.45) is 0 Å². The Morgan fingerprint density at radius 1 is 1.00 bits per heavy atom. The molecule has 3 rings (SSSR count). The number of nitrogens with one attached hydrogen (secondary N) is 1. The largest absolute Gasteiger partial charge is 0.494 e. The predicted octanol–water partition coefficient (Wildman–Crippen LogP) is 4.63. The van der Waals surface area contributed by atoms with Gasteiger partial charge in [0, 0.05) is 30.0 Å². The number of fused-ring (bicyclic) bond motifs is 1. The fourth-order valence-corrected chi connectivity index (χ4v) is 2.75. The highest BCUT2D eigenvalue weighted by Crippen LogP contribution is 2.21. The number of carbonyl (C=O) groups is 2. The average Bonchev–Trinajstić information content (AvgIpc) is 2.71. The van der Waals surface area contributed by atoms with Crippen LogP contribution in [0, 0.1) is 0 Å². The number of amides is 1. The highest BCUT2D eigenvalue weighted by Gasteiger charge is 2.11. The zero-order valence-electron chi connectivity index (χ0n) is 15.3. The first-order valence-corrected chi connectivity index (χ1v) is 9.07. The Hall–Kier alpha value is -3.21. The van der Waals surface area contributed by atoms with Gasteiger partial charge in [0.05, 0.1) is 17.8 Å². The lowest BCUT2D eigenvalue weighted by Gasteiger charge is -2.08. The van der Waals surface area contributed by atoms with Gasteiger partial charge in [0.15, 0.2) is 5.78 Å². The second kappa shape index (κ2) is 8.94. The molecule has 27 heavy (non-hydrogen) atoms. The predicted molar refractivity (Wildman–Crippen MR) is 106 cm³/mol. The standard InChI is InChI=1S/C22H22N2O3/c1-2-15-27-18-10-8-16(9-11-18)20(25)12-13-21(26)24-19-7-3-5-17-6-4-14-23-22(17)19/h3-11,14H,2,12-13,15H2,1H3,(H,24,26). The van der Waals surface area contributed by atoms with Crippen molar-refractivity contribution in [1.29, 1.82) is 0 Å². The number of ether oxygens (including phenoxy) is 1. The number of anilines is 1. The van der Waals surface area contributed by atoms with E-state index in [-0.39, 0.29) is 24.5 Å². The van der Waals surface area contributed by atoms with Gasteiger partial charge < -0.3 is 10.1 Å². The molecule has 5 heteroatoms. The zero-order valence-corrected chi connectivity index (χ0v) is 15.3. The number of Topliss-reactive ketones (excluding diaryl/α,β-unsaturated/α-hetero) is 1. The Bertz CT molecular complexity index is 930. The van der Waals surface area contributed by atoms with E-state index in [1.807, 2.05) is 37.3 Å². The fraction of sp³-hybridized carbons (Fsp3) is 0.227. The number of hydrogen-bond acceptors (Lipinski definition) is 4. The van der Waals surface area contributed by atoms with Crippen LogP contribution in [0.1, 0.15) is 36.5 Å². The van der Waals surface area contributed by atoms with Crippen LogP contribution in [-0.2, 0) is 4.79 Å². The van der Waals surface area contributed by atoms with Crippen LogP contribution in [0.5, 0.6) is 5.75 Å². The number of carbonyl (C=O) groups excluding carboxylic acids is 2. The molecular weight excluding hydrogens is 340 g/mol. The quantitative estimate of drug-likeness (QED) is 0.594. The summed E-state index contributed by atoms with van der Waals surface area (Å²) in [4.78, 5) is 28.9. The van der Waals surface area contributed by atoms with Crippen molar-refractivity contribution in [1.82, 2.24) is 4.98 Å². The lowest BCUT2D eigenvalue weighted by atomic mass is 10.1. The van der Waals surface area contributed by atoms with Crippen LogP contribution in [0.2, 0.25) is 0 Å². The van der Waals surface area contributed by atoms with Gasteiger partial charge in [0.1, 0.15) is 5.75 Å². The van der Waals surface area contributed by atoms with E-state index in [0.717, 1.165) is 23.1 Å². The summed E-state index contributed by atoms with van der Waals surface area (Å²) >= 11 is 0. The van der Waals surface area contributed by atoms with Crippen molar-refractivity contribution >= 4 is 28.3 Å². The summed E-state index contributed by atoms with van der Waals surface area (Å²) in [5, 5.41) is 3.81. The number of para-hydroxylation sites is 1. The van der Waals surface area contributed by atoms with Gasteiger partial charge in [-0.15, -0.1) is 0 Å². The Morgan fingerprint density at radius 3 is 2.56 bits per heavy atom. The number of ketones is 1. The molecule has 0 radical (unpaired) electrons. The number of aromatic nitrogens is 1. The summed E-state index contributed by atoms with van der Waals surface area (Å²) < 4.78 is 5.51. The van der Waals surface area contributed by atoms with Gasteiger partial charge >= 0.3 is 0 Å². The minimum absolute atomic E-state index is 0.0664. The van der Waals surface area contributed by atoms with Gasteiger partial charge in [0.25, 0.3) is 0 Å². The molecule has 1 aromatic heterocycles. The van der Waals surface area contributed by atoms with Crippen molar-refractivity contribution in [3.8, 4) is 5.75 Å². The summed E-state index contributed by atoms with van der Waals surface area (Å²) in [5.41, 5.74) is 1.98. The molecule has 1 heterocycles. The van der Waals surface area contributed by atoms with E-state index in [1.165, 1.54) is 0 Å². The smallest absolute Gasteiger partial charge is 0.224 e. The van der Waals surface area contributed by atoms with E-state index in [1.54, 1.807) is 30.5 Å². The first kappa shape index (κ1) is 18.6. The molecule has 0 saturated heterocycles. The molecule has 0 atom stereocenters. The van der Waals surface area contributed by atoms with Gasteiger partial charge in [-0.1, -0.05) is 25.1 Å². The number of rotatable bonds is 8. The number of pyridine rings is 1. The Morgan fingerprint density at radius 2 is 1.78 bits per heavy atom. The van der Waals surface area contributed by atoms with Gasteiger partial charge in [-0.2, -0.15) is 0 Å². The molecule has 5 nitrogen and oxygen atoms in total. The molecule has 0 aliphatic carbocycles. The Balaban J connectivity index is 1.56. The minimum atomic E-state index is -0.204. The van der Waals surface area contributed by atoms with Crippen LogP contribution in [-0.4, -0.2) is 23.3 Å². The normalized spacial score (nSPS) is 10.6. The van der Waals surface area contributed by atoms with Crippen LogP contribution in [0.4, 0.5) is 5.69 Å². The lowest BCUT2D eigenvalue weighted by molar-refractivity contribution is -0.116. The van der Waals surface area contributed by atoms with Gasteiger partial charge in [-0.05, 0) is 42.8 Å². The van der Waals surface area contributed by atoms with E-state index in [0.29, 0.717) is 17.9 Å². The summed E-state index contributed by atoms with van der Waals surface area (Å²) in [5.74, 6) is 0.474. The van der Waals surface area contributed by atoms with Crippen LogP contribution < -0.4 is 10.1 Å². The second-order valence-corrected chi connectivity index (χ2v) is 6.22. The summed E-state index contributed by atoms with van der Waals surface area (Å²) in [7, 11) is 0. The van der Waals surface area contributed by atoms with E-state index in [9.17, 15) is 9.59 Å². The first-order valence-electron chi connectivity index (χ1n) is 9.07. The lowest BCUT2D eigenvalue weighted by Crippen LogP contribution is -2.14. The molecule has 0 fully saturated rings. The molecule has 3 aromatic rings. The number of benzene rings is 2. The van der Waals surface area contributed by atoms with E-state index >= 15 is 0 Å². The third kappa shape index (κ3) is 4.91. The molecule has 0 aliphatic heterocycles. The van der Waals surface area contributed by atoms with Crippen LogP contribution >= 0.6 is 0 Å². The van der Waals surface area contributed by atoms with Crippen molar-refractivity contribution < 1.29 is 14.3 Å². The molecular formula is C22H22N2O3. The van der Waals surface area contributed by atoms with Crippen molar-refractivity contribution in [2.75, 3.05) is 11.9 Å².